The number of nitrogen functional groups attached to an aromatic ring is 1. The van der Waals surface area contributed by atoms with Crippen LogP contribution >= 0.6 is 23.4 Å². The summed E-state index contributed by atoms with van der Waals surface area (Å²) < 4.78 is 0. The summed E-state index contributed by atoms with van der Waals surface area (Å²) in [4.78, 5) is 11.7. The fraction of sp³-hybridized carbons (Fsp3) is 0.300. The van der Waals surface area contributed by atoms with Crippen LogP contribution in [0.15, 0.2) is 23.1 Å². The first-order valence-electron chi connectivity index (χ1n) is 4.48. The number of anilines is 1. The number of amides is 1. The Balaban J connectivity index is 2.65. The van der Waals surface area contributed by atoms with Crippen LogP contribution in [-0.2, 0) is 4.79 Å². The highest BCUT2D eigenvalue weighted by molar-refractivity contribution is 7.99. The van der Waals surface area contributed by atoms with Crippen LogP contribution in [0.25, 0.3) is 0 Å². The largest absolute Gasteiger partial charge is 0.399 e. The van der Waals surface area contributed by atoms with Gasteiger partial charge >= 0.3 is 0 Å². The molecule has 0 aliphatic rings. The lowest BCUT2D eigenvalue weighted by Crippen LogP contribution is -2.22. The Morgan fingerprint density at radius 1 is 1.60 bits per heavy atom. The fourth-order valence-corrected chi connectivity index (χ4v) is 2.23. The maximum Gasteiger partial charge on any atom is 0.221 e. The summed E-state index contributed by atoms with van der Waals surface area (Å²) in [6.45, 7) is 1.79. The molecule has 3 nitrogen and oxygen atoms in total. The molecule has 0 spiro atoms. The Labute approximate surface area is 98.2 Å². The van der Waals surface area contributed by atoms with Gasteiger partial charge in [0.2, 0.25) is 5.91 Å². The Hall–Kier alpha value is -0.870. The average Bonchev–Trinajstić information content (AvgIpc) is 2.18. The minimum Gasteiger partial charge on any atom is -0.399 e. The summed E-state index contributed by atoms with van der Waals surface area (Å²) in [5, 5.41) is 0.644. The third-order valence-corrected chi connectivity index (χ3v) is 3.69. The fourth-order valence-electron chi connectivity index (χ4n) is 0.927. The van der Waals surface area contributed by atoms with E-state index < -0.39 is 0 Å². The van der Waals surface area contributed by atoms with Gasteiger partial charge in [0.25, 0.3) is 0 Å². The maximum atomic E-state index is 10.8. The topological polar surface area (TPSA) is 69.1 Å². The number of nitrogens with two attached hydrogens (primary N) is 2. The van der Waals surface area contributed by atoms with Crippen molar-refractivity contribution in [2.75, 3.05) is 11.5 Å². The number of rotatable bonds is 4. The van der Waals surface area contributed by atoms with Crippen LogP contribution < -0.4 is 11.5 Å². The Morgan fingerprint density at radius 3 is 2.87 bits per heavy atom. The molecule has 0 saturated heterocycles. The lowest BCUT2D eigenvalue weighted by atomic mass is 10.2. The van der Waals surface area contributed by atoms with Crippen LogP contribution in [-0.4, -0.2) is 11.7 Å². The summed E-state index contributed by atoms with van der Waals surface area (Å²) in [5.41, 5.74) is 11.4. The number of carbonyl (C=O) groups is 1. The van der Waals surface area contributed by atoms with Crippen molar-refractivity contribution >= 4 is 35.0 Å². The van der Waals surface area contributed by atoms with E-state index in [9.17, 15) is 4.79 Å². The van der Waals surface area contributed by atoms with Crippen LogP contribution in [0, 0.1) is 5.92 Å². The van der Waals surface area contributed by atoms with Crippen molar-refractivity contribution in [3.63, 3.8) is 0 Å². The molecule has 0 bridgehead atoms. The molecule has 0 heterocycles. The van der Waals surface area contributed by atoms with Gasteiger partial charge in [-0.3, -0.25) is 4.79 Å². The molecule has 1 amide bonds. The third-order valence-electron chi connectivity index (χ3n) is 1.93. The summed E-state index contributed by atoms with van der Waals surface area (Å²) in [5.74, 6) is 0.133. The molecule has 4 N–H and O–H groups in total. The molecule has 0 fully saturated rings. The van der Waals surface area contributed by atoms with E-state index in [1.165, 1.54) is 11.8 Å². The van der Waals surface area contributed by atoms with Gasteiger partial charge in [-0.1, -0.05) is 18.5 Å². The summed E-state index contributed by atoms with van der Waals surface area (Å²) in [6.07, 6.45) is 0. The smallest absolute Gasteiger partial charge is 0.221 e. The molecule has 1 aromatic carbocycles. The molecule has 1 aromatic rings. The summed E-state index contributed by atoms with van der Waals surface area (Å²) in [6, 6.07) is 5.28. The van der Waals surface area contributed by atoms with Crippen molar-refractivity contribution in [1.29, 1.82) is 0 Å². The second kappa shape index (κ2) is 5.28. The van der Waals surface area contributed by atoms with E-state index in [4.69, 9.17) is 23.1 Å². The SMILES string of the molecule is CC(CSc1cc(N)ccc1Cl)C(N)=O. The first-order valence-corrected chi connectivity index (χ1v) is 5.84. The Morgan fingerprint density at radius 2 is 2.27 bits per heavy atom. The number of thioether (sulfide) groups is 1. The molecule has 0 saturated carbocycles. The van der Waals surface area contributed by atoms with Gasteiger partial charge in [0.05, 0.1) is 5.02 Å². The maximum absolute atomic E-state index is 10.8. The van der Waals surface area contributed by atoms with Gasteiger partial charge in [0.15, 0.2) is 0 Å². The molecule has 5 heteroatoms. The van der Waals surface area contributed by atoms with Crippen molar-refractivity contribution in [2.45, 2.75) is 11.8 Å². The minimum atomic E-state index is -0.303. The predicted molar refractivity (Wildman–Crippen MR) is 64.9 cm³/mol. The van der Waals surface area contributed by atoms with E-state index in [1.807, 2.05) is 0 Å². The Kier molecular flexibility index (Phi) is 4.29. The normalized spacial score (nSPS) is 12.4. The monoisotopic (exact) mass is 244 g/mol. The summed E-state index contributed by atoms with van der Waals surface area (Å²) >= 11 is 7.45. The van der Waals surface area contributed by atoms with Crippen LogP contribution in [0.2, 0.25) is 5.02 Å². The predicted octanol–water partition coefficient (Wildman–Crippen LogP) is 2.14. The standard InChI is InChI=1S/C10H13ClN2OS/c1-6(10(13)14)5-15-9-4-7(12)2-3-8(9)11/h2-4,6H,5,12H2,1H3,(H2,13,14). The quantitative estimate of drug-likeness (QED) is 0.630. The van der Waals surface area contributed by atoms with Crippen LogP contribution in [0.3, 0.4) is 0 Å². The lowest BCUT2D eigenvalue weighted by Gasteiger charge is -2.08. The first kappa shape index (κ1) is 12.2. The van der Waals surface area contributed by atoms with E-state index >= 15 is 0 Å². The van der Waals surface area contributed by atoms with E-state index in [1.54, 1.807) is 25.1 Å². The third kappa shape index (κ3) is 3.64. The van der Waals surface area contributed by atoms with Crippen LogP contribution in [0.5, 0.6) is 0 Å². The highest BCUT2D eigenvalue weighted by atomic mass is 35.5. The van der Waals surface area contributed by atoms with Gasteiger partial charge in [0.1, 0.15) is 0 Å². The molecule has 0 aliphatic heterocycles. The van der Waals surface area contributed by atoms with Crippen molar-refractivity contribution in [3.05, 3.63) is 23.2 Å². The van der Waals surface area contributed by atoms with E-state index in [2.05, 4.69) is 0 Å². The van der Waals surface area contributed by atoms with E-state index in [0.717, 1.165) is 4.90 Å². The zero-order valence-electron chi connectivity index (χ0n) is 8.37. The second-order valence-electron chi connectivity index (χ2n) is 3.30. The highest BCUT2D eigenvalue weighted by Gasteiger charge is 2.10. The number of halogens is 1. The van der Waals surface area contributed by atoms with Crippen molar-refractivity contribution < 1.29 is 4.79 Å². The molecular weight excluding hydrogens is 232 g/mol. The lowest BCUT2D eigenvalue weighted by molar-refractivity contribution is -0.120. The van der Waals surface area contributed by atoms with Gasteiger partial charge in [-0.2, -0.15) is 0 Å². The van der Waals surface area contributed by atoms with Crippen molar-refractivity contribution in [2.24, 2.45) is 11.7 Å². The van der Waals surface area contributed by atoms with Gasteiger partial charge < -0.3 is 11.5 Å². The van der Waals surface area contributed by atoms with Crippen molar-refractivity contribution in [3.8, 4) is 0 Å². The second-order valence-corrected chi connectivity index (χ2v) is 4.77. The molecular formula is C10H13ClN2OS. The van der Waals surface area contributed by atoms with Gasteiger partial charge in [-0.05, 0) is 18.2 Å². The number of carbonyl (C=O) groups excluding carboxylic acids is 1. The molecule has 0 radical (unpaired) electrons. The molecule has 0 aliphatic carbocycles. The molecule has 15 heavy (non-hydrogen) atoms. The molecule has 0 aromatic heterocycles. The zero-order valence-corrected chi connectivity index (χ0v) is 9.94. The summed E-state index contributed by atoms with van der Waals surface area (Å²) in [7, 11) is 0. The molecule has 1 unspecified atom stereocenters. The number of primary amides is 1. The first-order chi connectivity index (χ1) is 7.00. The van der Waals surface area contributed by atoms with Gasteiger partial charge in [-0.25, -0.2) is 0 Å². The van der Waals surface area contributed by atoms with Crippen molar-refractivity contribution in [1.82, 2.24) is 0 Å². The highest BCUT2D eigenvalue weighted by Crippen LogP contribution is 2.30. The van der Waals surface area contributed by atoms with Gasteiger partial charge in [0, 0.05) is 22.3 Å². The molecule has 1 atom stereocenters. The molecule has 82 valence electrons. The van der Waals surface area contributed by atoms with E-state index in [-0.39, 0.29) is 11.8 Å². The Bertz CT molecular complexity index is 370. The van der Waals surface area contributed by atoms with E-state index in [0.29, 0.717) is 16.5 Å². The minimum absolute atomic E-state index is 0.174. The number of benzene rings is 1. The number of hydrogen-bond acceptors (Lipinski definition) is 3. The van der Waals surface area contributed by atoms with Crippen LogP contribution in [0.4, 0.5) is 5.69 Å². The zero-order chi connectivity index (χ0) is 11.4. The number of hydrogen-bond donors (Lipinski definition) is 2. The molecule has 1 rings (SSSR count). The average molecular weight is 245 g/mol. The van der Waals surface area contributed by atoms with Gasteiger partial charge in [-0.15, -0.1) is 11.8 Å². The van der Waals surface area contributed by atoms with Crippen LogP contribution in [0.1, 0.15) is 6.92 Å².